The molecule has 2 rings (SSSR count). The van der Waals surface area contributed by atoms with Crippen molar-refractivity contribution in [1.29, 1.82) is 0 Å². The molecule has 0 aliphatic heterocycles. The summed E-state index contributed by atoms with van der Waals surface area (Å²) in [6.45, 7) is 1.15. The number of ether oxygens (including phenoxy) is 1. The zero-order chi connectivity index (χ0) is 17.0. The minimum absolute atomic E-state index is 0.000978. The van der Waals surface area contributed by atoms with Gasteiger partial charge >= 0.3 is 5.97 Å². The molecule has 2 aromatic carbocycles. The monoisotopic (exact) mass is 335 g/mol. The van der Waals surface area contributed by atoms with E-state index in [1.807, 2.05) is 13.0 Å². The predicted octanol–water partition coefficient (Wildman–Crippen LogP) is 2.28. The SMILES string of the molecule is COc1ccc(S(=O)(=O)N(CC(=O)O)c2cccc(C)c2)cc1. The van der Waals surface area contributed by atoms with E-state index in [-0.39, 0.29) is 4.90 Å². The average molecular weight is 335 g/mol. The van der Waals surface area contributed by atoms with Gasteiger partial charge in [-0.05, 0) is 48.9 Å². The second-order valence-corrected chi connectivity index (χ2v) is 6.78. The molecule has 0 aromatic heterocycles. The highest BCUT2D eigenvalue weighted by Gasteiger charge is 2.27. The van der Waals surface area contributed by atoms with Crippen LogP contribution in [-0.4, -0.2) is 33.1 Å². The van der Waals surface area contributed by atoms with Crippen molar-refractivity contribution in [2.24, 2.45) is 0 Å². The van der Waals surface area contributed by atoms with Crippen molar-refractivity contribution in [3.8, 4) is 5.75 Å². The molecule has 0 bridgehead atoms. The summed E-state index contributed by atoms with van der Waals surface area (Å²) in [5, 5.41) is 9.08. The van der Waals surface area contributed by atoms with Gasteiger partial charge in [0.15, 0.2) is 0 Å². The molecule has 2 aromatic rings. The summed E-state index contributed by atoms with van der Waals surface area (Å²) in [7, 11) is -2.51. The standard InChI is InChI=1S/C16H17NO5S/c1-12-4-3-5-13(10-12)17(11-16(18)19)23(20,21)15-8-6-14(22-2)7-9-15/h3-10H,11H2,1-2H3,(H,18,19). The zero-order valence-corrected chi connectivity index (χ0v) is 13.6. The summed E-state index contributed by atoms with van der Waals surface area (Å²) in [6.07, 6.45) is 0. The van der Waals surface area contributed by atoms with Crippen molar-refractivity contribution in [2.75, 3.05) is 18.0 Å². The van der Waals surface area contributed by atoms with E-state index < -0.39 is 22.5 Å². The number of hydrogen-bond donors (Lipinski definition) is 1. The number of benzene rings is 2. The van der Waals surface area contributed by atoms with Gasteiger partial charge in [-0.3, -0.25) is 9.10 Å². The van der Waals surface area contributed by atoms with Crippen molar-refractivity contribution in [3.05, 3.63) is 54.1 Å². The number of carboxylic acids is 1. The van der Waals surface area contributed by atoms with Crippen LogP contribution in [0.2, 0.25) is 0 Å². The molecule has 0 radical (unpaired) electrons. The number of aliphatic carboxylic acids is 1. The van der Waals surface area contributed by atoms with Gasteiger partial charge in [0, 0.05) is 0 Å². The zero-order valence-electron chi connectivity index (χ0n) is 12.8. The fraction of sp³-hybridized carbons (Fsp3) is 0.188. The maximum atomic E-state index is 12.8. The third kappa shape index (κ3) is 3.81. The molecule has 122 valence electrons. The largest absolute Gasteiger partial charge is 0.497 e. The maximum Gasteiger partial charge on any atom is 0.324 e. The van der Waals surface area contributed by atoms with Crippen LogP contribution in [0.1, 0.15) is 5.56 Å². The van der Waals surface area contributed by atoms with Crippen molar-refractivity contribution in [3.63, 3.8) is 0 Å². The molecule has 0 saturated carbocycles. The summed E-state index contributed by atoms with van der Waals surface area (Å²) >= 11 is 0. The van der Waals surface area contributed by atoms with Gasteiger partial charge in [-0.15, -0.1) is 0 Å². The highest BCUT2D eigenvalue weighted by Crippen LogP contribution is 2.25. The van der Waals surface area contributed by atoms with Crippen molar-refractivity contribution in [2.45, 2.75) is 11.8 Å². The highest BCUT2D eigenvalue weighted by molar-refractivity contribution is 7.92. The molecule has 0 fully saturated rings. The van der Waals surface area contributed by atoms with Crippen LogP contribution in [0.4, 0.5) is 5.69 Å². The van der Waals surface area contributed by atoms with Gasteiger partial charge in [0.25, 0.3) is 10.0 Å². The Balaban J connectivity index is 2.50. The number of anilines is 1. The van der Waals surface area contributed by atoms with Crippen molar-refractivity contribution < 1.29 is 23.1 Å². The molecule has 0 spiro atoms. The first-order valence-electron chi connectivity index (χ1n) is 6.80. The molecular formula is C16H17NO5S. The predicted molar refractivity (Wildman–Crippen MR) is 86.3 cm³/mol. The number of aryl methyl sites for hydroxylation is 1. The van der Waals surface area contributed by atoms with Gasteiger partial charge < -0.3 is 9.84 Å². The Morgan fingerprint density at radius 1 is 1.17 bits per heavy atom. The lowest BCUT2D eigenvalue weighted by molar-refractivity contribution is -0.135. The minimum Gasteiger partial charge on any atom is -0.497 e. The van der Waals surface area contributed by atoms with Crippen LogP contribution in [0.5, 0.6) is 5.75 Å². The van der Waals surface area contributed by atoms with Gasteiger partial charge in [-0.25, -0.2) is 8.42 Å². The summed E-state index contributed by atoms with van der Waals surface area (Å²) in [4.78, 5) is 11.1. The van der Waals surface area contributed by atoms with Crippen LogP contribution in [0, 0.1) is 6.92 Å². The lowest BCUT2D eigenvalue weighted by Crippen LogP contribution is -2.35. The summed E-state index contributed by atoms with van der Waals surface area (Å²) in [5.41, 5.74) is 1.14. The molecule has 0 unspecified atom stereocenters. The first kappa shape index (κ1) is 16.8. The maximum absolute atomic E-state index is 12.8. The Morgan fingerprint density at radius 2 is 1.83 bits per heavy atom. The fourth-order valence-electron chi connectivity index (χ4n) is 2.10. The molecule has 0 aliphatic carbocycles. The molecule has 0 amide bonds. The van der Waals surface area contributed by atoms with Crippen LogP contribution >= 0.6 is 0 Å². The van der Waals surface area contributed by atoms with Gasteiger partial charge in [0.2, 0.25) is 0 Å². The van der Waals surface area contributed by atoms with Crippen LogP contribution in [0.25, 0.3) is 0 Å². The van der Waals surface area contributed by atoms with E-state index in [0.717, 1.165) is 9.87 Å². The third-order valence-corrected chi connectivity index (χ3v) is 5.00. The molecular weight excluding hydrogens is 318 g/mol. The van der Waals surface area contributed by atoms with Crippen LogP contribution in [0.15, 0.2) is 53.4 Å². The first-order chi connectivity index (χ1) is 10.8. The number of methoxy groups -OCH3 is 1. The Morgan fingerprint density at radius 3 is 2.35 bits per heavy atom. The summed E-state index contributed by atoms with van der Waals surface area (Å²) < 4.78 is 31.5. The Labute approximate surface area is 135 Å². The normalized spacial score (nSPS) is 11.0. The molecule has 7 heteroatoms. The third-order valence-electron chi connectivity index (χ3n) is 3.22. The Bertz CT molecular complexity index is 799. The Hall–Kier alpha value is -2.54. The molecule has 23 heavy (non-hydrogen) atoms. The summed E-state index contributed by atoms with van der Waals surface area (Å²) in [6, 6.07) is 12.5. The molecule has 0 saturated heterocycles. The minimum atomic E-state index is -3.99. The van der Waals surface area contributed by atoms with Gasteiger partial charge in [-0.2, -0.15) is 0 Å². The molecule has 0 aliphatic rings. The van der Waals surface area contributed by atoms with Gasteiger partial charge in [0.1, 0.15) is 12.3 Å². The lowest BCUT2D eigenvalue weighted by atomic mass is 10.2. The number of sulfonamides is 1. The second-order valence-electron chi connectivity index (χ2n) is 4.92. The van der Waals surface area contributed by atoms with Crippen LogP contribution in [-0.2, 0) is 14.8 Å². The fourth-order valence-corrected chi connectivity index (χ4v) is 3.50. The number of nitrogens with zero attached hydrogens (tertiary/aromatic N) is 1. The number of hydrogen-bond acceptors (Lipinski definition) is 4. The van der Waals surface area contributed by atoms with E-state index in [4.69, 9.17) is 9.84 Å². The van der Waals surface area contributed by atoms with E-state index >= 15 is 0 Å². The van der Waals surface area contributed by atoms with Crippen LogP contribution < -0.4 is 9.04 Å². The van der Waals surface area contributed by atoms with Crippen LogP contribution in [0.3, 0.4) is 0 Å². The van der Waals surface area contributed by atoms with E-state index in [1.165, 1.54) is 31.4 Å². The molecule has 1 N–H and O–H groups in total. The average Bonchev–Trinajstić information content (AvgIpc) is 2.52. The van der Waals surface area contributed by atoms with Gasteiger partial charge in [0.05, 0.1) is 17.7 Å². The van der Waals surface area contributed by atoms with Gasteiger partial charge in [-0.1, -0.05) is 12.1 Å². The quantitative estimate of drug-likeness (QED) is 0.875. The molecule has 6 nitrogen and oxygen atoms in total. The van der Waals surface area contributed by atoms with E-state index in [2.05, 4.69) is 0 Å². The van der Waals surface area contributed by atoms with Crippen molar-refractivity contribution >= 4 is 21.7 Å². The van der Waals surface area contributed by atoms with Crippen molar-refractivity contribution in [1.82, 2.24) is 0 Å². The Kier molecular flexibility index (Phi) is 4.90. The summed E-state index contributed by atoms with van der Waals surface area (Å²) in [5.74, 6) is -0.715. The lowest BCUT2D eigenvalue weighted by Gasteiger charge is -2.23. The number of carbonyl (C=O) groups is 1. The van der Waals surface area contributed by atoms with E-state index in [0.29, 0.717) is 11.4 Å². The molecule has 0 atom stereocenters. The smallest absolute Gasteiger partial charge is 0.324 e. The second kappa shape index (κ2) is 6.70. The highest BCUT2D eigenvalue weighted by atomic mass is 32.2. The topological polar surface area (TPSA) is 83.9 Å². The van der Waals surface area contributed by atoms with E-state index in [9.17, 15) is 13.2 Å². The first-order valence-corrected chi connectivity index (χ1v) is 8.24. The number of rotatable bonds is 6. The molecule has 0 heterocycles. The number of carboxylic acid groups (broad SMARTS) is 1. The van der Waals surface area contributed by atoms with E-state index in [1.54, 1.807) is 18.2 Å².